The van der Waals surface area contributed by atoms with Crippen LogP contribution >= 0.6 is 0 Å². The molecule has 0 aromatic heterocycles. The van der Waals surface area contributed by atoms with Crippen LogP contribution in [-0.4, -0.2) is 41.5 Å². The molecular formula is C28H33NO5. The molecule has 2 aromatic rings. The molecule has 2 fully saturated rings. The number of ketones is 1. The summed E-state index contributed by atoms with van der Waals surface area (Å²) in [6, 6.07) is 12.1. The molecule has 1 aliphatic carbocycles. The number of nitrogens with zero attached hydrogens (tertiary/aromatic N) is 1. The SMILES string of the molecule is CCCOc1ccc(/C(O)=C2/C(=O)C(=O)N(C3CCCCC3)C2c2cccc(OC)c2)cc1C. The average Bonchev–Trinajstić information content (AvgIpc) is 3.13. The molecule has 1 aliphatic heterocycles. The maximum absolute atomic E-state index is 13.3. The van der Waals surface area contributed by atoms with E-state index in [4.69, 9.17) is 9.47 Å². The maximum Gasteiger partial charge on any atom is 0.295 e. The lowest BCUT2D eigenvalue weighted by Gasteiger charge is -2.35. The van der Waals surface area contributed by atoms with Gasteiger partial charge in [0.25, 0.3) is 11.7 Å². The molecule has 0 bridgehead atoms. The number of carbonyl (C=O) groups excluding carboxylic acids is 2. The Morgan fingerprint density at radius 3 is 2.53 bits per heavy atom. The van der Waals surface area contributed by atoms with Gasteiger partial charge in [0.1, 0.15) is 17.3 Å². The third-order valence-electron chi connectivity index (χ3n) is 6.77. The van der Waals surface area contributed by atoms with Crippen molar-refractivity contribution in [3.63, 3.8) is 0 Å². The van der Waals surface area contributed by atoms with Crippen molar-refractivity contribution in [1.29, 1.82) is 0 Å². The van der Waals surface area contributed by atoms with Gasteiger partial charge in [-0.3, -0.25) is 9.59 Å². The molecule has 2 aromatic carbocycles. The normalized spacial score (nSPS) is 20.6. The standard InChI is InChI=1S/C28H33NO5/c1-4-15-34-23-14-13-20(16-18(23)2)26(30)24-25(19-9-8-12-22(17-19)33-3)29(28(32)27(24)31)21-10-6-5-7-11-21/h8-9,12-14,16-17,21,25,30H,4-7,10-11,15H2,1-3H3/b26-24-. The summed E-state index contributed by atoms with van der Waals surface area (Å²) in [7, 11) is 1.59. The van der Waals surface area contributed by atoms with Crippen molar-refractivity contribution in [2.75, 3.05) is 13.7 Å². The monoisotopic (exact) mass is 463 g/mol. The molecule has 4 rings (SSSR count). The zero-order valence-electron chi connectivity index (χ0n) is 20.2. The van der Waals surface area contributed by atoms with Gasteiger partial charge >= 0.3 is 0 Å². The van der Waals surface area contributed by atoms with Gasteiger partial charge in [0.05, 0.1) is 25.3 Å². The number of amides is 1. The van der Waals surface area contributed by atoms with Crippen molar-refractivity contribution in [3.05, 3.63) is 64.7 Å². The van der Waals surface area contributed by atoms with Crippen molar-refractivity contribution >= 4 is 17.4 Å². The molecule has 1 saturated carbocycles. The summed E-state index contributed by atoms with van der Waals surface area (Å²) >= 11 is 0. The summed E-state index contributed by atoms with van der Waals surface area (Å²) in [5.41, 5.74) is 2.24. The van der Waals surface area contributed by atoms with E-state index < -0.39 is 17.7 Å². The lowest BCUT2D eigenvalue weighted by atomic mass is 9.90. The van der Waals surface area contributed by atoms with Crippen molar-refractivity contribution in [1.82, 2.24) is 4.90 Å². The minimum Gasteiger partial charge on any atom is -0.507 e. The number of aliphatic hydroxyl groups is 1. The zero-order valence-corrected chi connectivity index (χ0v) is 20.2. The van der Waals surface area contributed by atoms with Crippen LogP contribution in [0.2, 0.25) is 0 Å². The van der Waals surface area contributed by atoms with Gasteiger partial charge in [-0.1, -0.05) is 38.3 Å². The summed E-state index contributed by atoms with van der Waals surface area (Å²) in [4.78, 5) is 28.3. The summed E-state index contributed by atoms with van der Waals surface area (Å²) in [6.07, 6.45) is 5.79. The highest BCUT2D eigenvalue weighted by molar-refractivity contribution is 6.46. The molecule has 0 spiro atoms. The van der Waals surface area contributed by atoms with Crippen LogP contribution in [0.15, 0.2) is 48.0 Å². The molecule has 6 heteroatoms. The third-order valence-corrected chi connectivity index (χ3v) is 6.77. The Labute approximate surface area is 201 Å². The van der Waals surface area contributed by atoms with Crippen LogP contribution in [0.5, 0.6) is 11.5 Å². The second-order valence-electron chi connectivity index (χ2n) is 9.10. The molecule has 34 heavy (non-hydrogen) atoms. The number of aliphatic hydroxyl groups excluding tert-OH is 1. The molecule has 1 atom stereocenters. The van der Waals surface area contributed by atoms with Crippen molar-refractivity contribution < 1.29 is 24.2 Å². The van der Waals surface area contributed by atoms with Gasteiger partial charge in [-0.15, -0.1) is 0 Å². The van der Waals surface area contributed by atoms with E-state index in [0.717, 1.165) is 55.4 Å². The second-order valence-corrected chi connectivity index (χ2v) is 9.10. The first-order valence-electron chi connectivity index (χ1n) is 12.1. The van der Waals surface area contributed by atoms with Gasteiger partial charge < -0.3 is 19.5 Å². The van der Waals surface area contributed by atoms with Gasteiger partial charge in [0.2, 0.25) is 0 Å². The number of Topliss-reactive ketones (excluding diaryl/α,β-unsaturated/α-hetero) is 1. The first-order valence-corrected chi connectivity index (χ1v) is 12.1. The zero-order chi connectivity index (χ0) is 24.2. The van der Waals surface area contributed by atoms with Crippen molar-refractivity contribution in [3.8, 4) is 11.5 Å². The van der Waals surface area contributed by atoms with Gasteiger partial charge in [0.15, 0.2) is 0 Å². The molecule has 180 valence electrons. The Bertz CT molecular complexity index is 1100. The maximum atomic E-state index is 13.3. The first kappa shape index (κ1) is 23.9. The van der Waals surface area contributed by atoms with E-state index in [1.165, 1.54) is 0 Å². The van der Waals surface area contributed by atoms with Gasteiger partial charge in [0, 0.05) is 11.6 Å². The van der Waals surface area contributed by atoms with E-state index in [1.54, 1.807) is 30.2 Å². The predicted octanol–water partition coefficient (Wildman–Crippen LogP) is 5.55. The van der Waals surface area contributed by atoms with Crippen LogP contribution in [0.1, 0.15) is 68.2 Å². The Kier molecular flexibility index (Phi) is 7.25. The number of rotatable bonds is 7. The number of methoxy groups -OCH3 is 1. The lowest BCUT2D eigenvalue weighted by Crippen LogP contribution is -2.40. The summed E-state index contributed by atoms with van der Waals surface area (Å²) < 4.78 is 11.2. The average molecular weight is 464 g/mol. The summed E-state index contributed by atoms with van der Waals surface area (Å²) in [6.45, 7) is 4.55. The fraction of sp³-hybridized carbons (Fsp3) is 0.429. The number of hydrogen-bond donors (Lipinski definition) is 1. The third kappa shape index (κ3) is 4.54. The highest BCUT2D eigenvalue weighted by Gasteiger charge is 2.49. The Morgan fingerprint density at radius 1 is 1.09 bits per heavy atom. The fourth-order valence-corrected chi connectivity index (χ4v) is 5.05. The minimum atomic E-state index is -0.658. The smallest absolute Gasteiger partial charge is 0.295 e. The molecule has 1 N–H and O–H groups in total. The quantitative estimate of drug-likeness (QED) is 0.331. The minimum absolute atomic E-state index is 0.0294. The molecule has 0 radical (unpaired) electrons. The Balaban J connectivity index is 1.82. The molecule has 1 saturated heterocycles. The molecular weight excluding hydrogens is 430 g/mol. The van der Waals surface area contributed by atoms with E-state index in [1.807, 2.05) is 38.1 Å². The predicted molar refractivity (Wildman–Crippen MR) is 131 cm³/mol. The van der Waals surface area contributed by atoms with E-state index in [2.05, 4.69) is 0 Å². The number of ether oxygens (including phenoxy) is 2. The van der Waals surface area contributed by atoms with Crippen LogP contribution < -0.4 is 9.47 Å². The number of likely N-dealkylation sites (tertiary alicyclic amines) is 1. The van der Waals surface area contributed by atoms with Crippen LogP contribution in [-0.2, 0) is 9.59 Å². The van der Waals surface area contributed by atoms with E-state index >= 15 is 0 Å². The number of benzene rings is 2. The molecule has 1 amide bonds. The van der Waals surface area contributed by atoms with Crippen LogP contribution in [0.25, 0.3) is 5.76 Å². The Morgan fingerprint density at radius 2 is 1.85 bits per heavy atom. The van der Waals surface area contributed by atoms with E-state index in [9.17, 15) is 14.7 Å². The largest absolute Gasteiger partial charge is 0.507 e. The van der Waals surface area contributed by atoms with Gasteiger partial charge in [-0.05, 0) is 67.6 Å². The molecule has 1 heterocycles. The Hall–Kier alpha value is -3.28. The number of carbonyl (C=O) groups is 2. The summed E-state index contributed by atoms with van der Waals surface area (Å²) in [5, 5.41) is 11.4. The van der Waals surface area contributed by atoms with Crippen molar-refractivity contribution in [2.45, 2.75) is 64.5 Å². The van der Waals surface area contributed by atoms with E-state index in [-0.39, 0.29) is 17.4 Å². The number of aryl methyl sites for hydroxylation is 1. The van der Waals surface area contributed by atoms with Crippen LogP contribution in [0.3, 0.4) is 0 Å². The van der Waals surface area contributed by atoms with Gasteiger partial charge in [-0.2, -0.15) is 0 Å². The number of hydrogen-bond acceptors (Lipinski definition) is 5. The highest BCUT2D eigenvalue weighted by Crippen LogP contribution is 2.43. The summed E-state index contributed by atoms with van der Waals surface area (Å²) in [5.74, 6) is 0.0424. The lowest BCUT2D eigenvalue weighted by molar-refractivity contribution is -0.141. The topological polar surface area (TPSA) is 76.1 Å². The molecule has 2 aliphatic rings. The second kappa shape index (κ2) is 10.3. The van der Waals surface area contributed by atoms with Crippen LogP contribution in [0, 0.1) is 6.92 Å². The molecule has 1 unspecified atom stereocenters. The first-order chi connectivity index (χ1) is 16.5. The van der Waals surface area contributed by atoms with Gasteiger partial charge in [-0.25, -0.2) is 0 Å². The molecule has 6 nitrogen and oxygen atoms in total. The van der Waals surface area contributed by atoms with Crippen LogP contribution in [0.4, 0.5) is 0 Å². The van der Waals surface area contributed by atoms with E-state index in [0.29, 0.717) is 17.9 Å². The van der Waals surface area contributed by atoms with Crippen molar-refractivity contribution in [2.24, 2.45) is 0 Å². The fourth-order valence-electron chi connectivity index (χ4n) is 5.05. The highest BCUT2D eigenvalue weighted by atomic mass is 16.5.